The molecule has 2 saturated carbocycles. The van der Waals surface area contributed by atoms with Crippen LogP contribution in [0.15, 0.2) is 0 Å². The molecule has 1 aliphatic heterocycles. The van der Waals surface area contributed by atoms with Crippen LogP contribution in [0.25, 0.3) is 0 Å². The maximum atomic E-state index is 5.55. The zero-order chi connectivity index (χ0) is 5.84. The van der Waals surface area contributed by atoms with Gasteiger partial charge in [-0.2, -0.15) is 0 Å². The van der Waals surface area contributed by atoms with Crippen molar-refractivity contribution >= 4 is 12.0 Å². The smallest absolute Gasteiger partial charge is 0.0764 e. The number of hydrogen-bond donors (Lipinski definition) is 0. The largest absolute Gasteiger partial charge is 0.311 e. The Morgan fingerprint density at radius 2 is 2.22 bits per heavy atom. The van der Waals surface area contributed by atoms with E-state index in [4.69, 9.17) is 4.18 Å². The minimum Gasteiger partial charge on any atom is -0.311 e. The monoisotopic (exact) mass is 142 g/mol. The van der Waals surface area contributed by atoms with E-state index in [2.05, 4.69) is 0 Å². The van der Waals surface area contributed by atoms with Crippen LogP contribution in [0.2, 0.25) is 0 Å². The number of fused-ring (bicyclic) bond motifs is 1. The van der Waals surface area contributed by atoms with Crippen LogP contribution in [0.4, 0.5) is 0 Å². The second kappa shape index (κ2) is 1.48. The topological polar surface area (TPSA) is 9.23 Å². The first-order valence-electron chi connectivity index (χ1n) is 3.75. The molecule has 4 unspecified atom stereocenters. The summed E-state index contributed by atoms with van der Waals surface area (Å²) >= 11 is 1.76. The van der Waals surface area contributed by atoms with Gasteiger partial charge in [-0.05, 0) is 37.2 Å². The second-order valence-corrected chi connectivity index (χ2v) is 4.50. The molecule has 2 aliphatic carbocycles. The first-order valence-corrected chi connectivity index (χ1v) is 4.56. The molecule has 3 fully saturated rings. The van der Waals surface area contributed by atoms with Crippen molar-refractivity contribution in [3.05, 3.63) is 0 Å². The Hall–Kier alpha value is 0.310. The highest BCUT2D eigenvalue weighted by Gasteiger charge is 2.52. The van der Waals surface area contributed by atoms with Crippen LogP contribution in [-0.2, 0) is 4.18 Å². The van der Waals surface area contributed by atoms with E-state index in [1.54, 1.807) is 12.0 Å². The van der Waals surface area contributed by atoms with E-state index in [1.165, 1.54) is 19.3 Å². The van der Waals surface area contributed by atoms with Crippen molar-refractivity contribution in [3.8, 4) is 0 Å². The molecule has 0 aromatic rings. The van der Waals surface area contributed by atoms with Gasteiger partial charge in [0.15, 0.2) is 0 Å². The third kappa shape index (κ3) is 0.517. The summed E-state index contributed by atoms with van der Waals surface area (Å²) in [5, 5.41) is 0.897. The minimum absolute atomic E-state index is 0.666. The van der Waals surface area contributed by atoms with Crippen LogP contribution in [0.5, 0.6) is 0 Å². The van der Waals surface area contributed by atoms with Gasteiger partial charge in [0.05, 0.1) is 6.10 Å². The maximum Gasteiger partial charge on any atom is 0.0764 e. The second-order valence-electron chi connectivity index (χ2n) is 3.51. The average Bonchev–Trinajstić information content (AvgIpc) is 2.35. The SMILES string of the molecule is C1C2CC3SOC1C3C2. The molecular weight excluding hydrogens is 132 g/mol. The lowest BCUT2D eigenvalue weighted by molar-refractivity contribution is 0.209. The predicted molar refractivity (Wildman–Crippen MR) is 37.1 cm³/mol. The van der Waals surface area contributed by atoms with Crippen LogP contribution in [-0.4, -0.2) is 11.4 Å². The van der Waals surface area contributed by atoms with Gasteiger partial charge in [0.1, 0.15) is 0 Å². The first-order chi connectivity index (χ1) is 4.43. The van der Waals surface area contributed by atoms with Gasteiger partial charge in [-0.25, -0.2) is 0 Å². The lowest BCUT2D eigenvalue weighted by atomic mass is 9.98. The Morgan fingerprint density at radius 3 is 2.89 bits per heavy atom. The van der Waals surface area contributed by atoms with E-state index in [0.717, 1.165) is 17.1 Å². The standard InChI is InChI=1S/C7H10OS/c1-4-2-6-5(1)7(3-4)9-8-6/h4-7H,1-3H2. The van der Waals surface area contributed by atoms with Gasteiger partial charge in [0, 0.05) is 11.2 Å². The van der Waals surface area contributed by atoms with Crippen molar-refractivity contribution in [2.45, 2.75) is 30.6 Å². The molecule has 1 nitrogen and oxygen atoms in total. The van der Waals surface area contributed by atoms with Crippen LogP contribution in [0.3, 0.4) is 0 Å². The molecule has 0 amide bonds. The van der Waals surface area contributed by atoms with Crippen molar-refractivity contribution in [2.24, 2.45) is 11.8 Å². The van der Waals surface area contributed by atoms with E-state index in [0.29, 0.717) is 6.10 Å². The van der Waals surface area contributed by atoms with Gasteiger partial charge in [0.25, 0.3) is 0 Å². The first kappa shape index (κ1) is 5.03. The van der Waals surface area contributed by atoms with Gasteiger partial charge >= 0.3 is 0 Å². The van der Waals surface area contributed by atoms with E-state index >= 15 is 0 Å². The highest BCUT2D eigenvalue weighted by molar-refractivity contribution is 7.95. The fourth-order valence-electron chi connectivity index (χ4n) is 2.59. The van der Waals surface area contributed by atoms with Crippen molar-refractivity contribution in [2.75, 3.05) is 0 Å². The lowest BCUT2D eigenvalue weighted by Gasteiger charge is -2.12. The van der Waals surface area contributed by atoms with Gasteiger partial charge in [-0.1, -0.05) is 0 Å². The molecule has 3 aliphatic rings. The molecule has 0 radical (unpaired) electrons. The molecule has 0 spiro atoms. The third-order valence-electron chi connectivity index (χ3n) is 2.99. The highest BCUT2D eigenvalue weighted by Crippen LogP contribution is 2.56. The van der Waals surface area contributed by atoms with E-state index < -0.39 is 0 Å². The summed E-state index contributed by atoms with van der Waals surface area (Å²) < 4.78 is 5.55. The lowest BCUT2D eigenvalue weighted by Crippen LogP contribution is -2.17. The molecule has 0 aromatic heterocycles. The molecule has 0 aromatic carbocycles. The van der Waals surface area contributed by atoms with Gasteiger partial charge < -0.3 is 4.18 Å². The molecule has 9 heavy (non-hydrogen) atoms. The normalized spacial score (nSPS) is 61.3. The fraction of sp³-hybridized carbons (Fsp3) is 1.00. The summed E-state index contributed by atoms with van der Waals surface area (Å²) in [7, 11) is 0. The third-order valence-corrected chi connectivity index (χ3v) is 4.14. The highest BCUT2D eigenvalue weighted by atomic mass is 32.2. The summed E-state index contributed by atoms with van der Waals surface area (Å²) in [5.74, 6) is 2.00. The molecular formula is C7H10OS. The van der Waals surface area contributed by atoms with Crippen molar-refractivity contribution < 1.29 is 4.18 Å². The van der Waals surface area contributed by atoms with Gasteiger partial charge in [-0.3, -0.25) is 0 Å². The Kier molecular flexibility index (Phi) is 0.828. The summed E-state index contributed by atoms with van der Waals surface area (Å²) in [4.78, 5) is 0. The number of hydrogen-bond acceptors (Lipinski definition) is 2. The Bertz CT molecular complexity index is 131. The molecule has 1 saturated heterocycles. The van der Waals surface area contributed by atoms with E-state index in [1.807, 2.05) is 0 Å². The summed E-state index contributed by atoms with van der Waals surface area (Å²) in [6.45, 7) is 0. The van der Waals surface area contributed by atoms with Crippen molar-refractivity contribution in [3.63, 3.8) is 0 Å². The summed E-state index contributed by atoms with van der Waals surface area (Å²) in [5.41, 5.74) is 0. The van der Waals surface area contributed by atoms with Crippen molar-refractivity contribution in [1.29, 1.82) is 0 Å². The number of rotatable bonds is 0. The Labute approximate surface area is 59.4 Å². The summed E-state index contributed by atoms with van der Waals surface area (Å²) in [6, 6.07) is 0. The average molecular weight is 142 g/mol. The molecule has 4 atom stereocenters. The molecule has 2 bridgehead atoms. The molecule has 2 heteroatoms. The predicted octanol–water partition coefficient (Wildman–Crippen LogP) is 1.83. The maximum absolute atomic E-state index is 5.55. The Balaban J connectivity index is 2.02. The zero-order valence-electron chi connectivity index (χ0n) is 5.25. The minimum atomic E-state index is 0.666. The molecule has 1 heterocycles. The van der Waals surface area contributed by atoms with Crippen LogP contribution in [0, 0.1) is 11.8 Å². The van der Waals surface area contributed by atoms with Crippen LogP contribution < -0.4 is 0 Å². The molecule has 3 rings (SSSR count). The van der Waals surface area contributed by atoms with Gasteiger partial charge in [-0.15, -0.1) is 0 Å². The molecule has 0 N–H and O–H groups in total. The summed E-state index contributed by atoms with van der Waals surface area (Å²) in [6.07, 6.45) is 4.96. The van der Waals surface area contributed by atoms with Crippen LogP contribution in [0.1, 0.15) is 19.3 Å². The van der Waals surface area contributed by atoms with E-state index in [-0.39, 0.29) is 0 Å². The van der Waals surface area contributed by atoms with Crippen molar-refractivity contribution in [1.82, 2.24) is 0 Å². The van der Waals surface area contributed by atoms with Gasteiger partial charge in [0.2, 0.25) is 0 Å². The van der Waals surface area contributed by atoms with E-state index in [9.17, 15) is 0 Å². The fourth-order valence-corrected chi connectivity index (χ4v) is 3.87. The Morgan fingerprint density at radius 1 is 1.22 bits per heavy atom. The van der Waals surface area contributed by atoms with Crippen LogP contribution >= 0.6 is 12.0 Å². The quantitative estimate of drug-likeness (QED) is 0.477. The molecule has 50 valence electrons. The zero-order valence-corrected chi connectivity index (χ0v) is 6.06.